The second-order valence-corrected chi connectivity index (χ2v) is 5.89. The van der Waals surface area contributed by atoms with Gasteiger partial charge in [-0.2, -0.15) is 0 Å². The van der Waals surface area contributed by atoms with Crippen molar-refractivity contribution in [2.75, 3.05) is 13.2 Å². The van der Waals surface area contributed by atoms with E-state index in [1.165, 1.54) is 6.66 Å². The van der Waals surface area contributed by atoms with Crippen LogP contribution in [0, 0.1) is 0 Å². The van der Waals surface area contributed by atoms with Crippen LogP contribution in [-0.2, 0) is 15.9 Å². The predicted octanol–water partition coefficient (Wildman–Crippen LogP) is 0.740. The molecule has 0 bridgehead atoms. The van der Waals surface area contributed by atoms with E-state index in [2.05, 4.69) is 0 Å². The topological polar surface area (TPSA) is 72.5 Å². The summed E-state index contributed by atoms with van der Waals surface area (Å²) in [5, 5.41) is 0. The van der Waals surface area contributed by atoms with Crippen LogP contribution in [0.3, 0.4) is 0 Å². The van der Waals surface area contributed by atoms with E-state index < -0.39 is 13.2 Å². The predicted molar refractivity (Wildman–Crippen MR) is 67.0 cm³/mol. The molecule has 0 aliphatic carbocycles. The standard InChI is InChI=1S/C10H16NO3P.Na.H/c1-15(12,13)10(7-11)14-8-9-5-3-2-4-6-9;;/h2-6,10H,7-8,11H2,1H3,(H,12,13);;. The Morgan fingerprint density at radius 1 is 1.44 bits per heavy atom. The summed E-state index contributed by atoms with van der Waals surface area (Å²) in [4.78, 5) is 9.31. The van der Waals surface area contributed by atoms with Gasteiger partial charge in [0.2, 0.25) is 7.37 Å². The Balaban J connectivity index is 0.00000225. The second kappa shape index (κ2) is 7.62. The van der Waals surface area contributed by atoms with Gasteiger partial charge in [-0.1, -0.05) is 30.3 Å². The van der Waals surface area contributed by atoms with Gasteiger partial charge in [0.1, 0.15) is 5.85 Å². The van der Waals surface area contributed by atoms with Crippen LogP contribution in [0.25, 0.3) is 0 Å². The number of ether oxygens (including phenoxy) is 1. The van der Waals surface area contributed by atoms with Crippen LogP contribution in [0.5, 0.6) is 0 Å². The van der Waals surface area contributed by atoms with Crippen LogP contribution in [-0.4, -0.2) is 53.5 Å². The molecule has 1 aromatic rings. The van der Waals surface area contributed by atoms with Crippen molar-refractivity contribution in [3.8, 4) is 0 Å². The van der Waals surface area contributed by atoms with Crippen molar-refractivity contribution >= 4 is 36.9 Å². The first-order valence-corrected chi connectivity index (χ1v) is 6.87. The molecule has 2 atom stereocenters. The maximum atomic E-state index is 11.3. The van der Waals surface area contributed by atoms with Gasteiger partial charge in [0.05, 0.1) is 6.61 Å². The van der Waals surface area contributed by atoms with Crippen LogP contribution >= 0.6 is 7.37 Å². The molecule has 0 fully saturated rings. The Kier molecular flexibility index (Phi) is 7.77. The van der Waals surface area contributed by atoms with Gasteiger partial charge >= 0.3 is 29.6 Å². The zero-order chi connectivity index (χ0) is 11.3. The van der Waals surface area contributed by atoms with Crippen molar-refractivity contribution in [3.63, 3.8) is 0 Å². The molecule has 0 saturated carbocycles. The van der Waals surface area contributed by atoms with E-state index in [4.69, 9.17) is 10.5 Å². The van der Waals surface area contributed by atoms with Crippen molar-refractivity contribution in [1.29, 1.82) is 0 Å². The van der Waals surface area contributed by atoms with Gasteiger partial charge in [0, 0.05) is 13.2 Å². The summed E-state index contributed by atoms with van der Waals surface area (Å²) in [7, 11) is -3.26. The molecule has 0 radical (unpaired) electrons. The summed E-state index contributed by atoms with van der Waals surface area (Å²) in [6.45, 7) is 1.62. The molecule has 6 heteroatoms. The van der Waals surface area contributed by atoms with Gasteiger partial charge in [0.15, 0.2) is 0 Å². The van der Waals surface area contributed by atoms with E-state index in [0.717, 1.165) is 5.56 Å². The number of rotatable bonds is 5. The number of nitrogens with two attached hydrogens (primary N) is 1. The molecule has 1 rings (SSSR count). The van der Waals surface area contributed by atoms with Gasteiger partial charge < -0.3 is 15.4 Å². The van der Waals surface area contributed by atoms with E-state index in [1.807, 2.05) is 30.3 Å². The van der Waals surface area contributed by atoms with Gasteiger partial charge in [-0.05, 0) is 5.56 Å². The fourth-order valence-corrected chi connectivity index (χ4v) is 1.91. The van der Waals surface area contributed by atoms with E-state index in [0.29, 0.717) is 6.61 Å². The van der Waals surface area contributed by atoms with Crippen LogP contribution < -0.4 is 5.73 Å². The SMILES string of the molecule is CP(=O)(O)C(CN)OCc1ccccc1.[NaH]. The number of hydrogen-bond acceptors (Lipinski definition) is 3. The third-order valence-electron chi connectivity index (χ3n) is 2.02. The summed E-state index contributed by atoms with van der Waals surface area (Å²) in [5.41, 5.74) is 6.33. The molecule has 0 aromatic heterocycles. The van der Waals surface area contributed by atoms with Gasteiger partial charge in [-0.15, -0.1) is 0 Å². The molecule has 0 heterocycles. The van der Waals surface area contributed by atoms with Crippen molar-refractivity contribution in [1.82, 2.24) is 0 Å². The number of hydrogen-bond donors (Lipinski definition) is 2. The monoisotopic (exact) mass is 253 g/mol. The summed E-state index contributed by atoms with van der Waals surface area (Å²) < 4.78 is 16.6. The molecule has 0 aliphatic rings. The summed E-state index contributed by atoms with van der Waals surface area (Å²) in [6, 6.07) is 9.47. The fourth-order valence-electron chi connectivity index (χ4n) is 1.17. The van der Waals surface area contributed by atoms with E-state index in [9.17, 15) is 9.46 Å². The first-order valence-electron chi connectivity index (χ1n) is 4.69. The molecule has 3 N–H and O–H groups in total. The first-order chi connectivity index (χ1) is 7.04. The summed E-state index contributed by atoms with van der Waals surface area (Å²) >= 11 is 0. The van der Waals surface area contributed by atoms with Crippen LogP contribution in [0.2, 0.25) is 0 Å². The summed E-state index contributed by atoms with van der Waals surface area (Å²) in [6.07, 6.45) is 0. The maximum absolute atomic E-state index is 11.3. The Morgan fingerprint density at radius 2 is 2.00 bits per heavy atom. The molecule has 4 nitrogen and oxygen atoms in total. The van der Waals surface area contributed by atoms with Crippen LogP contribution in [0.4, 0.5) is 0 Å². The van der Waals surface area contributed by atoms with Gasteiger partial charge in [-0.3, -0.25) is 4.57 Å². The molecular weight excluding hydrogens is 236 g/mol. The molecule has 86 valence electrons. The quantitative estimate of drug-likeness (QED) is 0.599. The minimum absolute atomic E-state index is 0. The minimum atomic E-state index is -3.26. The Hall–Kier alpha value is 0.330. The Bertz CT molecular complexity index is 341. The van der Waals surface area contributed by atoms with Crippen molar-refractivity contribution in [3.05, 3.63) is 35.9 Å². The Morgan fingerprint density at radius 3 is 2.44 bits per heavy atom. The Labute approximate surface area is 118 Å². The zero-order valence-corrected chi connectivity index (χ0v) is 9.56. The molecule has 2 unspecified atom stereocenters. The fraction of sp³-hybridized carbons (Fsp3) is 0.400. The van der Waals surface area contributed by atoms with Crippen molar-refractivity contribution < 1.29 is 14.2 Å². The van der Waals surface area contributed by atoms with E-state index in [-0.39, 0.29) is 36.1 Å². The first kappa shape index (κ1) is 16.3. The average molecular weight is 253 g/mol. The van der Waals surface area contributed by atoms with Gasteiger partial charge in [0.25, 0.3) is 0 Å². The van der Waals surface area contributed by atoms with Gasteiger partial charge in [-0.25, -0.2) is 0 Å². The molecular formula is C10H17NNaO3P. The number of benzene rings is 1. The molecule has 1 aromatic carbocycles. The third kappa shape index (κ3) is 5.60. The molecule has 0 amide bonds. The van der Waals surface area contributed by atoms with Crippen LogP contribution in [0.15, 0.2) is 30.3 Å². The molecule has 0 aliphatic heterocycles. The second-order valence-electron chi connectivity index (χ2n) is 3.43. The van der Waals surface area contributed by atoms with E-state index in [1.54, 1.807) is 0 Å². The molecule has 16 heavy (non-hydrogen) atoms. The normalized spacial score (nSPS) is 15.9. The average Bonchev–Trinajstić information content (AvgIpc) is 2.18. The summed E-state index contributed by atoms with van der Waals surface area (Å²) in [5.74, 6) is -0.780. The third-order valence-corrected chi connectivity index (χ3v) is 3.45. The molecule has 0 spiro atoms. The molecule has 0 saturated heterocycles. The zero-order valence-electron chi connectivity index (χ0n) is 8.67. The van der Waals surface area contributed by atoms with Crippen molar-refractivity contribution in [2.24, 2.45) is 5.73 Å². The van der Waals surface area contributed by atoms with Crippen molar-refractivity contribution in [2.45, 2.75) is 12.5 Å². The van der Waals surface area contributed by atoms with E-state index >= 15 is 0 Å². The van der Waals surface area contributed by atoms with Crippen LogP contribution in [0.1, 0.15) is 5.56 Å².